The van der Waals surface area contributed by atoms with E-state index in [9.17, 15) is 13.2 Å². The molecule has 0 atom stereocenters. The summed E-state index contributed by atoms with van der Waals surface area (Å²) in [7, 11) is 1.49. The minimum Gasteiger partial charge on any atom is -0.275 e. The van der Waals surface area contributed by atoms with Gasteiger partial charge in [-0.3, -0.25) is 4.68 Å². The van der Waals surface area contributed by atoms with E-state index in [4.69, 9.17) is 0 Å². The zero-order chi connectivity index (χ0) is 11.1. The highest BCUT2D eigenvalue weighted by molar-refractivity contribution is 5.27. The van der Waals surface area contributed by atoms with Crippen molar-refractivity contribution in [1.82, 2.24) is 9.78 Å². The van der Waals surface area contributed by atoms with E-state index in [1.165, 1.54) is 17.9 Å². The molecule has 0 fully saturated rings. The van der Waals surface area contributed by atoms with Crippen LogP contribution in [0.5, 0.6) is 0 Å². The van der Waals surface area contributed by atoms with Gasteiger partial charge in [0.2, 0.25) is 0 Å². The largest absolute Gasteiger partial charge is 0.435 e. The molecule has 80 valence electrons. The van der Waals surface area contributed by atoms with Crippen molar-refractivity contribution in [1.29, 1.82) is 0 Å². The quantitative estimate of drug-likeness (QED) is 0.638. The number of alkyl halides is 3. The number of aryl methyl sites for hydroxylation is 1. The lowest BCUT2D eigenvalue weighted by Crippen LogP contribution is -2.18. The van der Waals surface area contributed by atoms with Gasteiger partial charge >= 0.3 is 6.18 Å². The zero-order valence-electron chi connectivity index (χ0n) is 8.61. The van der Waals surface area contributed by atoms with Gasteiger partial charge in [-0.2, -0.15) is 18.3 Å². The van der Waals surface area contributed by atoms with E-state index < -0.39 is 17.3 Å². The fourth-order valence-corrected chi connectivity index (χ4v) is 1.25. The van der Waals surface area contributed by atoms with Crippen LogP contribution in [0.4, 0.5) is 13.2 Å². The third-order valence-electron chi connectivity index (χ3n) is 1.91. The zero-order valence-corrected chi connectivity index (χ0v) is 8.61. The molecule has 5 heteroatoms. The molecule has 0 radical (unpaired) electrons. The number of halogens is 3. The minimum absolute atomic E-state index is 0.229. The Labute approximate surface area is 80.7 Å². The maximum absolute atomic E-state index is 12.5. The van der Waals surface area contributed by atoms with E-state index in [0.29, 0.717) is 0 Å². The Hall–Kier alpha value is -1.00. The van der Waals surface area contributed by atoms with E-state index in [0.717, 1.165) is 0 Å². The molecule has 0 aromatic carbocycles. The summed E-state index contributed by atoms with van der Waals surface area (Å²) in [6, 6.07) is 0. The lowest BCUT2D eigenvalue weighted by molar-refractivity contribution is -0.142. The monoisotopic (exact) mass is 206 g/mol. The highest BCUT2D eigenvalue weighted by Gasteiger charge is 2.39. The molecule has 0 amide bonds. The maximum atomic E-state index is 12.5. The molecule has 0 aliphatic carbocycles. The molecule has 0 N–H and O–H groups in total. The Kier molecular flexibility index (Phi) is 2.37. The van der Waals surface area contributed by atoms with Crippen LogP contribution in [0.3, 0.4) is 0 Å². The van der Waals surface area contributed by atoms with Crippen LogP contribution in [0, 0.1) is 0 Å². The molecule has 0 spiro atoms. The molecule has 1 heterocycles. The molecule has 1 aromatic rings. The van der Waals surface area contributed by atoms with Crippen molar-refractivity contribution in [2.24, 2.45) is 7.05 Å². The van der Waals surface area contributed by atoms with Crippen molar-refractivity contribution in [3.63, 3.8) is 0 Å². The standard InChI is InChI=1S/C9H13F3N2/c1-8(2,3)6-5-14(4)13-7(6)9(10,11)12/h5H,1-4H3. The fourth-order valence-electron chi connectivity index (χ4n) is 1.25. The Morgan fingerprint density at radius 3 is 2.00 bits per heavy atom. The first kappa shape index (κ1) is 11.1. The SMILES string of the molecule is Cn1cc(C(C)(C)C)c(C(F)(F)F)n1. The molecule has 0 aliphatic heterocycles. The number of aromatic nitrogens is 2. The first-order chi connectivity index (χ1) is 6.12. The lowest BCUT2D eigenvalue weighted by atomic mass is 9.87. The average molecular weight is 206 g/mol. The van der Waals surface area contributed by atoms with Gasteiger partial charge in [0.15, 0.2) is 5.69 Å². The highest BCUT2D eigenvalue weighted by Crippen LogP contribution is 2.36. The second kappa shape index (κ2) is 3.00. The third-order valence-corrected chi connectivity index (χ3v) is 1.91. The van der Waals surface area contributed by atoms with Crippen molar-refractivity contribution in [2.45, 2.75) is 32.4 Å². The molecule has 2 nitrogen and oxygen atoms in total. The van der Waals surface area contributed by atoms with E-state index >= 15 is 0 Å². The third kappa shape index (κ3) is 2.08. The van der Waals surface area contributed by atoms with Crippen LogP contribution >= 0.6 is 0 Å². The topological polar surface area (TPSA) is 17.8 Å². The van der Waals surface area contributed by atoms with Crippen LogP contribution in [-0.4, -0.2) is 9.78 Å². The van der Waals surface area contributed by atoms with Gasteiger partial charge in [0.05, 0.1) is 0 Å². The maximum Gasteiger partial charge on any atom is 0.435 e. The predicted octanol–water partition coefficient (Wildman–Crippen LogP) is 2.74. The highest BCUT2D eigenvalue weighted by atomic mass is 19.4. The van der Waals surface area contributed by atoms with Crippen molar-refractivity contribution in [3.8, 4) is 0 Å². The van der Waals surface area contributed by atoms with E-state index in [1.807, 2.05) is 0 Å². The van der Waals surface area contributed by atoms with Crippen LogP contribution in [0.25, 0.3) is 0 Å². The Balaban J connectivity index is 3.31. The van der Waals surface area contributed by atoms with Gasteiger partial charge in [0, 0.05) is 18.8 Å². The van der Waals surface area contributed by atoms with Gasteiger partial charge in [-0.1, -0.05) is 20.8 Å². The summed E-state index contributed by atoms with van der Waals surface area (Å²) in [6.07, 6.45) is -2.95. The summed E-state index contributed by atoms with van der Waals surface area (Å²) in [5, 5.41) is 3.44. The van der Waals surface area contributed by atoms with Gasteiger partial charge in [0.1, 0.15) is 0 Å². The summed E-state index contributed by atoms with van der Waals surface area (Å²) >= 11 is 0. The van der Waals surface area contributed by atoms with Crippen molar-refractivity contribution >= 4 is 0 Å². The lowest BCUT2D eigenvalue weighted by Gasteiger charge is -2.18. The normalized spacial score (nSPS) is 13.4. The molecule has 1 rings (SSSR count). The predicted molar refractivity (Wildman–Crippen MR) is 46.9 cm³/mol. The summed E-state index contributed by atoms with van der Waals surface area (Å²) in [4.78, 5) is 0. The summed E-state index contributed by atoms with van der Waals surface area (Å²) in [5.74, 6) is 0. The minimum atomic E-state index is -4.37. The van der Waals surface area contributed by atoms with Gasteiger partial charge in [-0.15, -0.1) is 0 Å². The van der Waals surface area contributed by atoms with E-state index in [2.05, 4.69) is 5.10 Å². The summed E-state index contributed by atoms with van der Waals surface area (Å²) in [5.41, 5.74) is -1.10. The van der Waals surface area contributed by atoms with E-state index in [-0.39, 0.29) is 5.56 Å². The van der Waals surface area contributed by atoms with E-state index in [1.54, 1.807) is 20.8 Å². The second-order valence-corrected chi connectivity index (χ2v) is 4.31. The van der Waals surface area contributed by atoms with Gasteiger partial charge in [-0.25, -0.2) is 0 Å². The molecular weight excluding hydrogens is 193 g/mol. The number of hydrogen-bond acceptors (Lipinski definition) is 1. The van der Waals surface area contributed by atoms with Gasteiger partial charge < -0.3 is 0 Å². The molecule has 1 aromatic heterocycles. The smallest absolute Gasteiger partial charge is 0.275 e. The van der Waals surface area contributed by atoms with Crippen molar-refractivity contribution in [3.05, 3.63) is 17.5 Å². The molecule has 14 heavy (non-hydrogen) atoms. The van der Waals surface area contributed by atoms with Crippen LogP contribution in [0.2, 0.25) is 0 Å². The Morgan fingerprint density at radius 1 is 1.21 bits per heavy atom. The summed E-state index contributed by atoms with van der Waals surface area (Å²) in [6.45, 7) is 5.21. The van der Waals surface area contributed by atoms with Crippen molar-refractivity contribution in [2.75, 3.05) is 0 Å². The van der Waals surface area contributed by atoms with Crippen LogP contribution in [0.15, 0.2) is 6.20 Å². The summed E-state index contributed by atoms with van der Waals surface area (Å²) < 4.78 is 38.7. The van der Waals surface area contributed by atoms with Gasteiger partial charge in [-0.05, 0) is 5.41 Å². The Bertz CT molecular complexity index is 299. The first-order valence-corrected chi connectivity index (χ1v) is 4.23. The number of rotatable bonds is 0. The van der Waals surface area contributed by atoms with Crippen molar-refractivity contribution < 1.29 is 13.2 Å². The molecule has 0 bridgehead atoms. The molecule has 0 unspecified atom stereocenters. The second-order valence-electron chi connectivity index (χ2n) is 4.31. The number of nitrogens with zero attached hydrogens (tertiary/aromatic N) is 2. The molecule has 0 saturated carbocycles. The molecule has 0 saturated heterocycles. The molecule has 0 aliphatic rings. The average Bonchev–Trinajstić information content (AvgIpc) is 2.27. The number of hydrogen-bond donors (Lipinski definition) is 0. The Morgan fingerprint density at radius 2 is 1.71 bits per heavy atom. The van der Waals surface area contributed by atoms with Crippen LogP contribution in [-0.2, 0) is 18.6 Å². The molecular formula is C9H13F3N2. The first-order valence-electron chi connectivity index (χ1n) is 4.23. The fraction of sp³-hybridized carbons (Fsp3) is 0.667. The van der Waals surface area contributed by atoms with Crippen LogP contribution < -0.4 is 0 Å². The van der Waals surface area contributed by atoms with Crippen LogP contribution in [0.1, 0.15) is 32.0 Å². The van der Waals surface area contributed by atoms with Gasteiger partial charge in [0.25, 0.3) is 0 Å².